The number of ether oxygens (including phenoxy) is 2. The molecule has 0 aromatic carbocycles. The lowest BCUT2D eigenvalue weighted by Gasteiger charge is -2.39. The van der Waals surface area contributed by atoms with Crippen LogP contribution >= 0.6 is 0 Å². The van der Waals surface area contributed by atoms with Crippen LogP contribution in [0.4, 0.5) is 13.2 Å². The van der Waals surface area contributed by atoms with Crippen molar-refractivity contribution < 1.29 is 27.4 Å². The highest BCUT2D eigenvalue weighted by Crippen LogP contribution is 2.36. The average molecular weight is 349 g/mol. The monoisotopic (exact) mass is 349 g/mol. The van der Waals surface area contributed by atoms with E-state index in [0.29, 0.717) is 32.4 Å². The van der Waals surface area contributed by atoms with Gasteiger partial charge in [0.15, 0.2) is 0 Å². The van der Waals surface area contributed by atoms with Crippen LogP contribution in [0.25, 0.3) is 0 Å². The van der Waals surface area contributed by atoms with Crippen LogP contribution in [-0.4, -0.2) is 62.8 Å². The molecule has 0 aromatic rings. The molecule has 2 rings (SSSR count). The second-order valence-corrected chi connectivity index (χ2v) is 5.86. The van der Waals surface area contributed by atoms with Crippen molar-refractivity contribution in [3.63, 3.8) is 0 Å². The molecule has 1 saturated carbocycles. The van der Waals surface area contributed by atoms with Crippen molar-refractivity contribution in [3.8, 4) is 0 Å². The number of alkyl halides is 3. The molecule has 2 fully saturated rings. The van der Waals surface area contributed by atoms with E-state index in [4.69, 9.17) is 14.9 Å². The van der Waals surface area contributed by atoms with Gasteiger partial charge in [-0.3, -0.25) is 10.2 Å². The van der Waals surface area contributed by atoms with Gasteiger partial charge in [-0.15, -0.1) is 0 Å². The number of nitrogens with zero attached hydrogens (tertiary/aromatic N) is 1. The van der Waals surface area contributed by atoms with Crippen molar-refractivity contribution in [2.45, 2.75) is 19.0 Å². The van der Waals surface area contributed by atoms with Gasteiger partial charge in [0, 0.05) is 38.0 Å². The van der Waals surface area contributed by atoms with Gasteiger partial charge in [-0.25, -0.2) is 0 Å². The van der Waals surface area contributed by atoms with Gasteiger partial charge in [0.25, 0.3) is 0 Å². The Morgan fingerprint density at radius 3 is 2.54 bits per heavy atom. The van der Waals surface area contributed by atoms with E-state index in [2.05, 4.69) is 0 Å². The highest BCUT2D eigenvalue weighted by molar-refractivity contribution is 5.85. The van der Waals surface area contributed by atoms with Crippen molar-refractivity contribution in [1.82, 2.24) is 10.2 Å². The fourth-order valence-electron chi connectivity index (χ4n) is 2.78. The molecule has 6 nitrogen and oxygen atoms in total. The van der Waals surface area contributed by atoms with Crippen molar-refractivity contribution >= 4 is 11.8 Å². The normalized spacial score (nSPS) is 25.0. The van der Waals surface area contributed by atoms with Crippen LogP contribution in [0.15, 0.2) is 11.8 Å². The van der Waals surface area contributed by atoms with Gasteiger partial charge in [-0.1, -0.05) is 0 Å². The number of nitrogens with one attached hydrogen (secondary N) is 2. The Bertz CT molecular complexity index is 502. The number of amides is 1. The molecule has 136 valence electrons. The van der Waals surface area contributed by atoms with Crippen LogP contribution < -0.4 is 5.32 Å². The third kappa shape index (κ3) is 4.62. The number of carbonyl (C=O) groups is 1. The predicted molar refractivity (Wildman–Crippen MR) is 80.5 cm³/mol. The lowest BCUT2D eigenvalue weighted by molar-refractivity contribution is -0.146. The molecule has 2 aliphatic rings. The zero-order valence-corrected chi connectivity index (χ0v) is 13.5. The molecule has 9 heteroatoms. The molecule has 0 unspecified atom stereocenters. The number of carbonyl (C=O) groups excluding carboxylic acids is 1. The molecule has 0 bridgehead atoms. The standard InChI is InChI=1S/C15H22F3N3O3/c1-20-12(15(16,17)18)8-13(19)24-9-10-2-3-11(10)14(22)21-4-6-23-7-5-21/h8,10-11,19-20H,2-7,9H2,1H3/b12-8-,19-13?/t10-,11-/m0/s1. The summed E-state index contributed by atoms with van der Waals surface area (Å²) in [6.07, 6.45) is -2.43. The number of morpholine rings is 1. The minimum atomic E-state index is -4.56. The summed E-state index contributed by atoms with van der Waals surface area (Å²) < 4.78 is 48.1. The first-order valence-corrected chi connectivity index (χ1v) is 7.87. The molecular formula is C15H22F3N3O3. The topological polar surface area (TPSA) is 74.7 Å². The molecule has 1 amide bonds. The van der Waals surface area contributed by atoms with Crippen LogP contribution in [0.5, 0.6) is 0 Å². The number of hydrogen-bond donors (Lipinski definition) is 2. The van der Waals surface area contributed by atoms with Crippen molar-refractivity contribution in [3.05, 3.63) is 11.8 Å². The van der Waals surface area contributed by atoms with Crippen LogP contribution in [0.1, 0.15) is 12.8 Å². The van der Waals surface area contributed by atoms with Crippen LogP contribution in [-0.2, 0) is 14.3 Å². The third-order valence-corrected chi connectivity index (χ3v) is 4.36. The van der Waals surface area contributed by atoms with Gasteiger partial charge in [-0.2, -0.15) is 13.2 Å². The van der Waals surface area contributed by atoms with Gasteiger partial charge < -0.3 is 19.7 Å². The first-order valence-electron chi connectivity index (χ1n) is 7.87. The molecule has 0 radical (unpaired) electrons. The Balaban J connectivity index is 1.82. The first kappa shape index (κ1) is 18.6. The maximum Gasteiger partial charge on any atom is 0.431 e. The van der Waals surface area contributed by atoms with Crippen molar-refractivity contribution in [1.29, 1.82) is 5.41 Å². The second kappa shape index (κ2) is 7.87. The van der Waals surface area contributed by atoms with E-state index >= 15 is 0 Å². The first-order chi connectivity index (χ1) is 11.3. The lowest BCUT2D eigenvalue weighted by Crippen LogP contribution is -2.49. The molecule has 24 heavy (non-hydrogen) atoms. The molecular weight excluding hydrogens is 327 g/mol. The predicted octanol–water partition coefficient (Wildman–Crippen LogP) is 1.53. The fourth-order valence-corrected chi connectivity index (χ4v) is 2.78. The summed E-state index contributed by atoms with van der Waals surface area (Å²) in [7, 11) is 1.13. The summed E-state index contributed by atoms with van der Waals surface area (Å²) in [5.74, 6) is -0.753. The van der Waals surface area contributed by atoms with Crippen LogP contribution in [0.3, 0.4) is 0 Å². The molecule has 1 aliphatic heterocycles. The zero-order valence-electron chi connectivity index (χ0n) is 13.5. The number of halogens is 3. The minimum absolute atomic E-state index is 0.0476. The van der Waals surface area contributed by atoms with E-state index in [-0.39, 0.29) is 24.3 Å². The maximum absolute atomic E-state index is 12.6. The minimum Gasteiger partial charge on any atom is -0.478 e. The van der Waals surface area contributed by atoms with Gasteiger partial charge in [0.1, 0.15) is 5.70 Å². The van der Waals surface area contributed by atoms with Crippen LogP contribution in [0, 0.1) is 17.2 Å². The van der Waals surface area contributed by atoms with Gasteiger partial charge in [0.2, 0.25) is 11.8 Å². The molecule has 0 spiro atoms. The SMILES string of the molecule is CN/C(=C\C(=N)OC[C@@H]1CC[C@@H]1C(=O)N1CCOCC1)C(F)(F)F. The Kier molecular flexibility index (Phi) is 6.09. The summed E-state index contributed by atoms with van der Waals surface area (Å²) in [6, 6.07) is 0. The van der Waals surface area contributed by atoms with Crippen molar-refractivity contribution in [2.24, 2.45) is 11.8 Å². The summed E-state index contributed by atoms with van der Waals surface area (Å²) in [4.78, 5) is 14.1. The zero-order chi connectivity index (χ0) is 17.7. The molecule has 1 saturated heterocycles. The van der Waals surface area contributed by atoms with E-state index in [1.54, 1.807) is 4.90 Å². The molecule has 2 N–H and O–H groups in total. The Morgan fingerprint density at radius 2 is 2.04 bits per heavy atom. The second-order valence-electron chi connectivity index (χ2n) is 5.86. The Morgan fingerprint density at radius 1 is 1.38 bits per heavy atom. The Labute approximate surface area is 138 Å². The van der Waals surface area contributed by atoms with Gasteiger partial charge in [0.05, 0.1) is 19.8 Å². The number of rotatable bonds is 5. The summed E-state index contributed by atoms with van der Waals surface area (Å²) in [5.41, 5.74) is -1.04. The lowest BCUT2D eigenvalue weighted by atomic mass is 9.73. The summed E-state index contributed by atoms with van der Waals surface area (Å²) >= 11 is 0. The van der Waals surface area contributed by atoms with E-state index in [9.17, 15) is 18.0 Å². The average Bonchev–Trinajstić information content (AvgIpc) is 2.51. The number of allylic oxidation sites excluding steroid dienone is 1. The molecule has 1 aliphatic carbocycles. The maximum atomic E-state index is 12.6. The molecule has 2 atom stereocenters. The smallest absolute Gasteiger partial charge is 0.431 e. The number of hydrogen-bond acceptors (Lipinski definition) is 5. The van der Waals surface area contributed by atoms with Gasteiger partial charge in [-0.05, 0) is 12.8 Å². The quantitative estimate of drug-likeness (QED) is 0.583. The Hall–Kier alpha value is -1.77. The summed E-state index contributed by atoms with van der Waals surface area (Å²) in [6.45, 7) is 2.26. The van der Waals surface area contributed by atoms with E-state index < -0.39 is 17.8 Å². The largest absolute Gasteiger partial charge is 0.478 e. The highest BCUT2D eigenvalue weighted by Gasteiger charge is 2.39. The fraction of sp³-hybridized carbons (Fsp3) is 0.733. The van der Waals surface area contributed by atoms with E-state index in [0.717, 1.165) is 19.9 Å². The summed E-state index contributed by atoms with van der Waals surface area (Å²) in [5, 5.41) is 9.51. The molecule has 1 heterocycles. The third-order valence-electron chi connectivity index (χ3n) is 4.36. The van der Waals surface area contributed by atoms with E-state index in [1.807, 2.05) is 5.32 Å². The van der Waals surface area contributed by atoms with E-state index in [1.165, 1.54) is 0 Å². The highest BCUT2D eigenvalue weighted by atomic mass is 19.4. The van der Waals surface area contributed by atoms with Gasteiger partial charge >= 0.3 is 6.18 Å². The molecule has 0 aromatic heterocycles. The van der Waals surface area contributed by atoms with Crippen LogP contribution in [0.2, 0.25) is 0 Å². The van der Waals surface area contributed by atoms with Crippen molar-refractivity contribution in [2.75, 3.05) is 40.0 Å².